The summed E-state index contributed by atoms with van der Waals surface area (Å²) in [7, 11) is 0. The SMILES string of the molecule is Cc1cc(CC(=O)NCc2ccccc2C)n[nH]1. The summed E-state index contributed by atoms with van der Waals surface area (Å²) in [5.41, 5.74) is 4.07. The first-order chi connectivity index (χ1) is 8.65. The van der Waals surface area contributed by atoms with Crippen LogP contribution in [0.25, 0.3) is 0 Å². The van der Waals surface area contributed by atoms with Crippen molar-refractivity contribution in [2.24, 2.45) is 0 Å². The van der Waals surface area contributed by atoms with Crippen LogP contribution in [-0.4, -0.2) is 16.1 Å². The number of aromatic amines is 1. The molecule has 0 unspecified atom stereocenters. The van der Waals surface area contributed by atoms with E-state index in [9.17, 15) is 4.79 Å². The second-order valence-electron chi connectivity index (χ2n) is 4.42. The van der Waals surface area contributed by atoms with Gasteiger partial charge in [0.2, 0.25) is 5.91 Å². The number of aromatic nitrogens is 2. The maximum Gasteiger partial charge on any atom is 0.226 e. The molecule has 2 rings (SSSR count). The molecular weight excluding hydrogens is 226 g/mol. The van der Waals surface area contributed by atoms with Gasteiger partial charge in [-0.15, -0.1) is 0 Å². The van der Waals surface area contributed by atoms with Gasteiger partial charge < -0.3 is 5.32 Å². The summed E-state index contributed by atoms with van der Waals surface area (Å²) >= 11 is 0. The summed E-state index contributed by atoms with van der Waals surface area (Å²) < 4.78 is 0. The Balaban J connectivity index is 1.87. The molecule has 0 saturated heterocycles. The summed E-state index contributed by atoms with van der Waals surface area (Å²) in [5, 5.41) is 9.77. The van der Waals surface area contributed by atoms with Crippen LogP contribution in [0.15, 0.2) is 30.3 Å². The van der Waals surface area contributed by atoms with Gasteiger partial charge in [-0.25, -0.2) is 0 Å². The highest BCUT2D eigenvalue weighted by atomic mass is 16.1. The monoisotopic (exact) mass is 243 g/mol. The first-order valence-corrected chi connectivity index (χ1v) is 5.97. The molecule has 0 saturated carbocycles. The number of amides is 1. The average Bonchev–Trinajstić information content (AvgIpc) is 2.74. The molecule has 94 valence electrons. The van der Waals surface area contributed by atoms with Crippen LogP contribution < -0.4 is 5.32 Å². The summed E-state index contributed by atoms with van der Waals surface area (Å²) in [6.45, 7) is 4.52. The van der Waals surface area contributed by atoms with Crippen molar-refractivity contribution >= 4 is 5.91 Å². The predicted molar refractivity (Wildman–Crippen MR) is 70.1 cm³/mol. The fraction of sp³-hybridized carbons (Fsp3) is 0.286. The van der Waals surface area contributed by atoms with E-state index in [2.05, 4.69) is 15.5 Å². The standard InChI is InChI=1S/C14H17N3O/c1-10-5-3-4-6-12(10)9-15-14(18)8-13-7-11(2)16-17-13/h3-7H,8-9H2,1-2H3,(H,15,18)(H,16,17). The van der Waals surface area contributed by atoms with Gasteiger partial charge in [-0.3, -0.25) is 9.89 Å². The molecule has 2 N–H and O–H groups in total. The molecule has 1 heterocycles. The molecule has 18 heavy (non-hydrogen) atoms. The van der Waals surface area contributed by atoms with Gasteiger partial charge in [0.05, 0.1) is 12.1 Å². The van der Waals surface area contributed by atoms with Gasteiger partial charge in [-0.1, -0.05) is 24.3 Å². The molecule has 0 aliphatic carbocycles. The molecule has 4 heteroatoms. The van der Waals surface area contributed by atoms with Gasteiger partial charge >= 0.3 is 0 Å². The van der Waals surface area contributed by atoms with Crippen molar-refractivity contribution in [1.29, 1.82) is 0 Å². The van der Waals surface area contributed by atoms with Crippen molar-refractivity contribution in [3.05, 3.63) is 52.8 Å². The van der Waals surface area contributed by atoms with E-state index in [-0.39, 0.29) is 5.91 Å². The van der Waals surface area contributed by atoms with Crippen molar-refractivity contribution in [2.45, 2.75) is 26.8 Å². The summed E-state index contributed by atoms with van der Waals surface area (Å²) in [5.74, 6) is -0.00949. The molecule has 2 aromatic rings. The molecule has 0 fully saturated rings. The highest BCUT2D eigenvalue weighted by molar-refractivity contribution is 5.78. The molecule has 0 bridgehead atoms. The number of nitrogens with zero attached hydrogens (tertiary/aromatic N) is 1. The molecule has 0 spiro atoms. The largest absolute Gasteiger partial charge is 0.352 e. The minimum Gasteiger partial charge on any atom is -0.352 e. The number of H-pyrrole nitrogens is 1. The molecule has 1 aromatic heterocycles. The Hall–Kier alpha value is -2.10. The molecule has 0 aliphatic heterocycles. The lowest BCUT2D eigenvalue weighted by atomic mass is 10.1. The fourth-order valence-electron chi connectivity index (χ4n) is 1.79. The van der Waals surface area contributed by atoms with Crippen LogP contribution in [0.4, 0.5) is 0 Å². The number of hydrogen-bond donors (Lipinski definition) is 2. The third-order valence-electron chi connectivity index (χ3n) is 2.84. The Kier molecular flexibility index (Phi) is 3.77. The second-order valence-corrected chi connectivity index (χ2v) is 4.42. The summed E-state index contributed by atoms with van der Waals surface area (Å²) in [6.07, 6.45) is 0.316. The molecule has 4 nitrogen and oxygen atoms in total. The highest BCUT2D eigenvalue weighted by Crippen LogP contribution is 2.06. The van der Waals surface area contributed by atoms with Crippen LogP contribution in [0.5, 0.6) is 0 Å². The number of aryl methyl sites for hydroxylation is 2. The zero-order valence-corrected chi connectivity index (χ0v) is 10.7. The summed E-state index contributed by atoms with van der Waals surface area (Å²) in [4.78, 5) is 11.7. The van der Waals surface area contributed by atoms with Crippen molar-refractivity contribution in [1.82, 2.24) is 15.5 Å². The van der Waals surface area contributed by atoms with Gasteiger partial charge in [0.15, 0.2) is 0 Å². The number of rotatable bonds is 4. The third kappa shape index (κ3) is 3.20. The Morgan fingerprint density at radius 3 is 2.78 bits per heavy atom. The van der Waals surface area contributed by atoms with E-state index in [0.29, 0.717) is 13.0 Å². The van der Waals surface area contributed by atoms with Crippen molar-refractivity contribution in [3.8, 4) is 0 Å². The van der Waals surface area contributed by atoms with Gasteiger partial charge in [0, 0.05) is 12.2 Å². The van der Waals surface area contributed by atoms with Crippen LogP contribution in [0.2, 0.25) is 0 Å². The Labute approximate surface area is 106 Å². The normalized spacial score (nSPS) is 10.3. The van der Waals surface area contributed by atoms with Crippen LogP contribution in [0.1, 0.15) is 22.5 Å². The predicted octanol–water partition coefficient (Wildman–Crippen LogP) is 1.89. The van der Waals surface area contributed by atoms with E-state index in [1.807, 2.05) is 44.2 Å². The Morgan fingerprint density at radius 2 is 2.11 bits per heavy atom. The lowest BCUT2D eigenvalue weighted by molar-refractivity contribution is -0.120. The van der Waals surface area contributed by atoms with Crippen LogP contribution in [0, 0.1) is 13.8 Å². The van der Waals surface area contributed by atoms with E-state index in [4.69, 9.17) is 0 Å². The van der Waals surface area contributed by atoms with Crippen LogP contribution in [0.3, 0.4) is 0 Å². The van der Waals surface area contributed by atoms with Gasteiger partial charge in [-0.2, -0.15) is 5.10 Å². The van der Waals surface area contributed by atoms with Crippen molar-refractivity contribution in [2.75, 3.05) is 0 Å². The molecule has 0 aliphatic rings. The zero-order chi connectivity index (χ0) is 13.0. The number of hydrogen-bond acceptors (Lipinski definition) is 2. The first-order valence-electron chi connectivity index (χ1n) is 5.97. The molecule has 0 atom stereocenters. The van der Waals surface area contributed by atoms with E-state index in [1.54, 1.807) is 0 Å². The van der Waals surface area contributed by atoms with E-state index in [0.717, 1.165) is 17.0 Å². The van der Waals surface area contributed by atoms with Crippen LogP contribution in [-0.2, 0) is 17.8 Å². The molecule has 1 aromatic carbocycles. The van der Waals surface area contributed by atoms with E-state index < -0.39 is 0 Å². The molecule has 0 radical (unpaired) electrons. The number of benzene rings is 1. The molecule has 1 amide bonds. The highest BCUT2D eigenvalue weighted by Gasteiger charge is 2.06. The van der Waals surface area contributed by atoms with E-state index >= 15 is 0 Å². The maximum atomic E-state index is 11.7. The van der Waals surface area contributed by atoms with Crippen molar-refractivity contribution in [3.63, 3.8) is 0 Å². The van der Waals surface area contributed by atoms with Gasteiger partial charge in [0.25, 0.3) is 0 Å². The summed E-state index contributed by atoms with van der Waals surface area (Å²) in [6, 6.07) is 9.92. The number of carbonyl (C=O) groups is 1. The first kappa shape index (κ1) is 12.4. The number of carbonyl (C=O) groups excluding carboxylic acids is 1. The topological polar surface area (TPSA) is 57.8 Å². The Morgan fingerprint density at radius 1 is 1.33 bits per heavy atom. The van der Waals surface area contributed by atoms with Gasteiger partial charge in [0.1, 0.15) is 0 Å². The van der Waals surface area contributed by atoms with E-state index in [1.165, 1.54) is 5.56 Å². The minimum atomic E-state index is -0.00949. The third-order valence-corrected chi connectivity index (χ3v) is 2.84. The van der Waals surface area contributed by atoms with Gasteiger partial charge in [-0.05, 0) is 31.0 Å². The smallest absolute Gasteiger partial charge is 0.226 e. The zero-order valence-electron chi connectivity index (χ0n) is 10.7. The van der Waals surface area contributed by atoms with Crippen LogP contribution >= 0.6 is 0 Å². The second kappa shape index (κ2) is 5.49. The quantitative estimate of drug-likeness (QED) is 0.861. The molecular formula is C14H17N3O. The lowest BCUT2D eigenvalue weighted by Gasteiger charge is -2.06. The lowest BCUT2D eigenvalue weighted by Crippen LogP contribution is -2.25. The average molecular weight is 243 g/mol. The van der Waals surface area contributed by atoms with Crippen molar-refractivity contribution < 1.29 is 4.79 Å². The maximum absolute atomic E-state index is 11.7. The Bertz CT molecular complexity index is 545. The minimum absolute atomic E-state index is 0.00949. The fourth-order valence-corrected chi connectivity index (χ4v) is 1.79. The number of nitrogens with one attached hydrogen (secondary N) is 2.